The molecule has 0 bridgehead atoms. The predicted octanol–water partition coefficient (Wildman–Crippen LogP) is -2.52. The summed E-state index contributed by atoms with van der Waals surface area (Å²) in [6.45, 7) is -1.87. The molecule has 7 aromatic heterocycles. The summed E-state index contributed by atoms with van der Waals surface area (Å²) in [5.74, 6) is -0.479. The molecule has 0 saturated carbocycles. The zero-order chi connectivity index (χ0) is 70.8. The first-order chi connectivity index (χ1) is 46.8. The molecule has 5 saturated heterocycles. The van der Waals surface area contributed by atoms with Crippen molar-refractivity contribution >= 4 is 71.2 Å². The number of aryl methyl sites for hydroxylation is 2. The predicted molar refractivity (Wildman–Crippen MR) is 326 cm³/mol. The highest BCUT2D eigenvalue weighted by Crippen LogP contribution is 2.55. The van der Waals surface area contributed by atoms with Crippen molar-refractivity contribution in [2.75, 3.05) is 50.2 Å². The van der Waals surface area contributed by atoms with Gasteiger partial charge in [-0.3, -0.25) is 88.4 Å². The van der Waals surface area contributed by atoms with Crippen LogP contribution in [-0.4, -0.2) is 192 Å². The fraction of sp³-hybridized carbons (Fsp3) is 0.551. The minimum absolute atomic E-state index is 0.00628. The van der Waals surface area contributed by atoms with Crippen LogP contribution in [0.3, 0.4) is 0 Å². The molecule has 0 spiro atoms. The molecule has 0 radical (unpaired) electrons. The Morgan fingerprint density at radius 3 is 1.41 bits per heavy atom. The Balaban J connectivity index is 0.733. The van der Waals surface area contributed by atoms with Gasteiger partial charge in [-0.05, 0) is 19.9 Å². The van der Waals surface area contributed by atoms with Crippen LogP contribution in [0.5, 0.6) is 0 Å². The highest BCUT2D eigenvalue weighted by molar-refractivity contribution is 7.48. The zero-order valence-electron chi connectivity index (χ0n) is 51.3. The fourth-order valence-electron chi connectivity index (χ4n) is 11.5. The standard InChI is InChI=1S/C49H63N17O29P4/c1-20-10-63(48(73)60-43(20)69)33-5-22(68)28(88-33)13-83-96(75,76)93-24-7-34(62-4-3-32(50)57-47(62)72)89-29(24)14-85-98(79,80)94-25-8-35(64-11-21(2)44(70)61-49(64)74)90-30(25)15-86-99(81,82)95-26-9-36(65-18-55-38-40(51)53-17-54-41(38)65)91-31(26)16-84-97(77,78)92-23-6-37(87-27(23)12-67)66-19-56-39-42(66)58-46(52)59-45(39)71/h3-4,10-11,17-19,22-31,33-37,67-68H,5-9,12-16H2,1-2H3,(H,75,76)(H,77,78)(H,79,80)(H,81,82)(H2,50,57,72)(H2,51,53,54)(H,60,69,73)(H,61,70,74)(H3,52,58,59,71)/t22-,23-,24-,25-,26-,27+,28+,29+,30+,31+,33+,34+,35+,36+,37+/m0/s1. The molecule has 4 unspecified atom stereocenters. The second-order valence-corrected chi connectivity index (χ2v) is 28.7. The summed E-state index contributed by atoms with van der Waals surface area (Å²) < 4.78 is 135. The van der Waals surface area contributed by atoms with E-state index in [4.69, 9.17) is 77.1 Å². The summed E-state index contributed by atoms with van der Waals surface area (Å²) in [7, 11) is -21.6. The largest absolute Gasteiger partial charge is 0.472 e. The number of aliphatic hydroxyl groups excluding tert-OH is 2. The molecule has 7 aromatic rings. The summed E-state index contributed by atoms with van der Waals surface area (Å²) >= 11 is 0. The summed E-state index contributed by atoms with van der Waals surface area (Å²) in [6, 6.07) is 1.22. The molecule has 12 rings (SSSR count). The van der Waals surface area contributed by atoms with Gasteiger partial charge in [-0.15, -0.1) is 0 Å². The van der Waals surface area contributed by atoms with E-state index in [0.29, 0.717) is 0 Å². The highest BCUT2D eigenvalue weighted by atomic mass is 31.2. The number of phosphoric acid groups is 4. The van der Waals surface area contributed by atoms with Gasteiger partial charge in [-0.25, -0.2) is 52.6 Å². The Hall–Kier alpha value is -7.30. The van der Waals surface area contributed by atoms with E-state index in [2.05, 4.69) is 44.9 Å². The molecule has 99 heavy (non-hydrogen) atoms. The van der Waals surface area contributed by atoms with E-state index in [0.717, 1.165) is 26.2 Å². The van der Waals surface area contributed by atoms with E-state index in [-0.39, 0.29) is 70.3 Å². The molecular weight excluding hydrogens is 1410 g/mol. The van der Waals surface area contributed by atoms with Gasteiger partial charge in [0.2, 0.25) is 5.95 Å². The third kappa shape index (κ3) is 15.9. The summed E-state index contributed by atoms with van der Waals surface area (Å²) in [5.41, 5.74) is 12.7. The lowest BCUT2D eigenvalue weighted by molar-refractivity contribution is -0.0646. The Bertz CT molecular complexity index is 4780. The van der Waals surface area contributed by atoms with E-state index in [9.17, 15) is 76.8 Å². The Morgan fingerprint density at radius 2 is 0.929 bits per heavy atom. The van der Waals surface area contributed by atoms with Gasteiger partial charge >= 0.3 is 48.4 Å². The smallest absolute Gasteiger partial charge is 0.394 e. The number of aromatic amines is 3. The number of hydrogen-bond acceptors (Lipinski definition) is 34. The number of phosphoric ester groups is 4. The number of aliphatic hydroxyl groups is 2. The molecular formula is C49H63N17O29P4. The quantitative estimate of drug-likeness (QED) is 0.0249. The van der Waals surface area contributed by atoms with Gasteiger partial charge in [0, 0.05) is 61.8 Å². The molecule has 19 atom stereocenters. The van der Waals surface area contributed by atoms with Crippen LogP contribution in [-0.2, 0) is 78.1 Å². The highest BCUT2D eigenvalue weighted by Gasteiger charge is 2.50. The molecule has 50 heteroatoms. The fourth-order valence-corrected chi connectivity index (χ4v) is 15.4. The number of hydrogen-bond donors (Lipinski definition) is 12. The van der Waals surface area contributed by atoms with E-state index < -0.39 is 203 Å². The van der Waals surface area contributed by atoms with Crippen molar-refractivity contribution in [2.24, 2.45) is 0 Å². The second kappa shape index (κ2) is 28.3. The van der Waals surface area contributed by atoms with Gasteiger partial charge in [-0.2, -0.15) is 9.97 Å². The number of imidazole rings is 2. The third-order valence-electron chi connectivity index (χ3n) is 16.3. The van der Waals surface area contributed by atoms with Crippen LogP contribution >= 0.6 is 31.3 Å². The van der Waals surface area contributed by atoms with Crippen LogP contribution in [0.2, 0.25) is 0 Å². The average Bonchev–Trinajstić information content (AvgIpc) is 1.64. The van der Waals surface area contributed by atoms with Crippen LogP contribution in [0.1, 0.15) is 74.4 Å². The lowest BCUT2D eigenvalue weighted by atomic mass is 10.2. The number of fused-ring (bicyclic) bond motifs is 2. The summed E-state index contributed by atoms with van der Waals surface area (Å²) in [5, 5.41) is 21.0. The number of nitrogens with one attached hydrogen (secondary N) is 3. The molecule has 0 aromatic carbocycles. The number of nitrogens with zero attached hydrogens (tertiary/aromatic N) is 11. The Kier molecular flexibility index (Phi) is 20.4. The molecule has 46 nitrogen and oxygen atoms in total. The molecule has 15 N–H and O–H groups in total. The van der Waals surface area contributed by atoms with Crippen molar-refractivity contribution in [3.63, 3.8) is 0 Å². The number of nitrogens with two attached hydrogens (primary N) is 3. The lowest BCUT2D eigenvalue weighted by Gasteiger charge is -2.25. The van der Waals surface area contributed by atoms with Crippen LogP contribution in [0.25, 0.3) is 22.3 Å². The number of aromatic nitrogens is 14. The van der Waals surface area contributed by atoms with Gasteiger partial charge in [0.05, 0.1) is 51.8 Å². The van der Waals surface area contributed by atoms with E-state index in [1.54, 1.807) is 0 Å². The van der Waals surface area contributed by atoms with Crippen molar-refractivity contribution in [2.45, 2.75) is 138 Å². The third-order valence-corrected chi connectivity index (χ3v) is 20.4. The lowest BCUT2D eigenvalue weighted by Crippen LogP contribution is -2.33. The zero-order valence-corrected chi connectivity index (χ0v) is 54.9. The molecule has 538 valence electrons. The first kappa shape index (κ1) is 71.5. The number of ether oxygens (including phenoxy) is 5. The number of H-pyrrole nitrogens is 3. The minimum Gasteiger partial charge on any atom is -0.394 e. The number of nitrogen functional groups attached to an aromatic ring is 3. The first-order valence-corrected chi connectivity index (χ1v) is 35.6. The second-order valence-electron chi connectivity index (χ2n) is 23.1. The van der Waals surface area contributed by atoms with Gasteiger partial charge in [0.25, 0.3) is 16.7 Å². The Morgan fingerprint density at radius 1 is 0.515 bits per heavy atom. The average molecular weight is 1480 g/mol. The van der Waals surface area contributed by atoms with Crippen LogP contribution < -0.4 is 50.9 Å². The Labute approximate surface area is 550 Å². The van der Waals surface area contributed by atoms with E-state index >= 15 is 0 Å². The number of rotatable bonds is 26. The molecule has 12 heterocycles. The topological polar surface area (TPSA) is 639 Å². The normalized spacial score (nSPS) is 29.7. The van der Waals surface area contributed by atoms with Crippen molar-refractivity contribution < 1.29 is 108 Å². The van der Waals surface area contributed by atoms with Crippen molar-refractivity contribution in [1.29, 1.82) is 0 Å². The van der Waals surface area contributed by atoms with Crippen LogP contribution in [0.15, 0.2) is 72.4 Å². The molecule has 0 amide bonds. The van der Waals surface area contributed by atoms with Crippen molar-refractivity contribution in [1.82, 2.24) is 67.7 Å². The summed E-state index contributed by atoms with van der Waals surface area (Å²) in [6.07, 6.45) is -16.5. The molecule has 0 aliphatic carbocycles. The van der Waals surface area contributed by atoms with Gasteiger partial charge in [0.15, 0.2) is 22.6 Å². The SMILES string of the molecule is Cc1cn([C@H]2C[C@H](OP(=O)(O)OC[C@H]3O[C@@H](n4ccc(N)nc4=O)C[C@@H]3OP(=O)(O)OC[C@H]3O[C@@H](n4cc(C)c(=O)[nH]c4=O)C[C@@H]3O)[C@@H](COP(=O)(O)O[C@H]3C[C@H](n4cnc5c(N)ncnc54)O[C@@H]3COP(=O)(O)O[C@H]3C[C@H](n4cnc5c(=O)[nH]c(N)nc54)O[C@@H]3CO)O2)c(=O)[nH]c1=O. The number of anilines is 3. The van der Waals surface area contributed by atoms with E-state index in [1.165, 1.54) is 54.1 Å². The maximum Gasteiger partial charge on any atom is 0.472 e. The van der Waals surface area contributed by atoms with Crippen LogP contribution in [0.4, 0.5) is 17.6 Å². The maximum absolute atomic E-state index is 14.2. The maximum atomic E-state index is 14.2. The first-order valence-electron chi connectivity index (χ1n) is 29.6. The summed E-state index contributed by atoms with van der Waals surface area (Å²) in [4.78, 5) is 151. The molecule has 5 aliphatic heterocycles. The van der Waals surface area contributed by atoms with Crippen LogP contribution in [0, 0.1) is 13.8 Å². The van der Waals surface area contributed by atoms with Crippen molar-refractivity contribution in [3.8, 4) is 0 Å². The van der Waals surface area contributed by atoms with E-state index in [1.807, 2.05) is 0 Å². The van der Waals surface area contributed by atoms with Gasteiger partial charge < -0.3 is 70.7 Å². The molecule has 5 aliphatic rings. The van der Waals surface area contributed by atoms with Gasteiger partial charge in [0.1, 0.15) is 104 Å². The van der Waals surface area contributed by atoms with Crippen molar-refractivity contribution in [3.05, 3.63) is 117 Å². The molecule has 5 fully saturated rings. The minimum atomic E-state index is -5.53. The monoisotopic (exact) mass is 1480 g/mol. The van der Waals surface area contributed by atoms with Gasteiger partial charge in [-0.1, -0.05) is 0 Å².